The Bertz CT molecular complexity index is 288. The lowest BCUT2D eigenvalue weighted by Crippen LogP contribution is -2.48. The Hall–Kier alpha value is -1.10. The van der Waals surface area contributed by atoms with Gasteiger partial charge in [0.05, 0.1) is 19.2 Å². The molecule has 0 saturated carbocycles. The molecule has 0 aromatic rings. The van der Waals surface area contributed by atoms with E-state index in [1.807, 2.05) is 11.8 Å². The van der Waals surface area contributed by atoms with Crippen LogP contribution in [-0.4, -0.2) is 49.1 Å². The highest BCUT2D eigenvalue weighted by atomic mass is 16.5. The van der Waals surface area contributed by atoms with E-state index in [2.05, 4.69) is 5.32 Å². The van der Waals surface area contributed by atoms with Crippen LogP contribution in [0.4, 0.5) is 0 Å². The van der Waals surface area contributed by atoms with Crippen molar-refractivity contribution in [2.75, 3.05) is 26.2 Å². The number of esters is 1. The van der Waals surface area contributed by atoms with E-state index in [9.17, 15) is 9.59 Å². The quantitative estimate of drug-likeness (QED) is 0.560. The fourth-order valence-electron chi connectivity index (χ4n) is 2.09. The maximum absolute atomic E-state index is 12.1. The van der Waals surface area contributed by atoms with Gasteiger partial charge < -0.3 is 9.64 Å². The van der Waals surface area contributed by atoms with Gasteiger partial charge in [-0.15, -0.1) is 0 Å². The maximum atomic E-state index is 12.1. The first kappa shape index (κ1) is 16.0. The Morgan fingerprint density at radius 3 is 2.58 bits per heavy atom. The summed E-state index contributed by atoms with van der Waals surface area (Å²) in [6, 6.07) is -0.322. The summed E-state index contributed by atoms with van der Waals surface area (Å²) < 4.78 is 5.03. The van der Waals surface area contributed by atoms with Crippen LogP contribution in [0.1, 0.15) is 46.0 Å². The third kappa shape index (κ3) is 6.05. The number of nitrogens with one attached hydrogen (secondary N) is 1. The molecule has 5 nitrogen and oxygen atoms in total. The molecule has 0 aliphatic carbocycles. The molecule has 0 spiro atoms. The summed E-state index contributed by atoms with van der Waals surface area (Å²) in [5.41, 5.74) is 0. The Balaban J connectivity index is 2.20. The minimum absolute atomic E-state index is 0.0843. The minimum Gasteiger partial charge on any atom is -0.465 e. The highest BCUT2D eigenvalue weighted by molar-refractivity contribution is 5.82. The van der Waals surface area contributed by atoms with Crippen molar-refractivity contribution in [3.8, 4) is 0 Å². The first-order valence-corrected chi connectivity index (χ1v) is 7.33. The van der Waals surface area contributed by atoms with E-state index >= 15 is 0 Å². The first-order valence-electron chi connectivity index (χ1n) is 7.33. The van der Waals surface area contributed by atoms with Gasteiger partial charge in [0.15, 0.2) is 0 Å². The molecule has 0 bridgehead atoms. The number of hydrogen-bond donors (Lipinski definition) is 1. The van der Waals surface area contributed by atoms with Crippen LogP contribution in [0.15, 0.2) is 0 Å². The van der Waals surface area contributed by atoms with Crippen molar-refractivity contribution in [3.63, 3.8) is 0 Å². The van der Waals surface area contributed by atoms with Gasteiger partial charge in [-0.25, -0.2) is 0 Å². The van der Waals surface area contributed by atoms with Gasteiger partial charge >= 0.3 is 5.97 Å². The Morgan fingerprint density at radius 1 is 1.26 bits per heavy atom. The van der Waals surface area contributed by atoms with Gasteiger partial charge in [-0.1, -0.05) is 13.3 Å². The molecule has 1 aliphatic rings. The van der Waals surface area contributed by atoms with Crippen LogP contribution < -0.4 is 5.32 Å². The molecule has 1 rings (SSSR count). The van der Waals surface area contributed by atoms with E-state index in [1.165, 1.54) is 6.42 Å². The van der Waals surface area contributed by atoms with Crippen LogP contribution in [-0.2, 0) is 14.3 Å². The standard InChI is InChI=1S/C14H26N2O3/c1-3-4-10-19-13(17)11-15-12(2)14(18)16-8-6-5-7-9-16/h12,15H,3-11H2,1-2H3. The molecule has 1 amide bonds. The van der Waals surface area contributed by atoms with Crippen LogP contribution in [0.5, 0.6) is 0 Å². The lowest BCUT2D eigenvalue weighted by Gasteiger charge is -2.29. The summed E-state index contributed by atoms with van der Waals surface area (Å²) in [5.74, 6) is -0.201. The van der Waals surface area contributed by atoms with Crippen LogP contribution >= 0.6 is 0 Å². The molecular formula is C14H26N2O3. The van der Waals surface area contributed by atoms with Gasteiger partial charge in [0.25, 0.3) is 0 Å². The average molecular weight is 270 g/mol. The third-order valence-corrected chi connectivity index (χ3v) is 3.35. The molecule has 0 radical (unpaired) electrons. The molecule has 1 saturated heterocycles. The van der Waals surface area contributed by atoms with Crippen LogP contribution in [0.3, 0.4) is 0 Å². The predicted octanol–water partition coefficient (Wildman–Crippen LogP) is 1.32. The van der Waals surface area contributed by atoms with Crippen LogP contribution in [0.2, 0.25) is 0 Å². The second-order valence-corrected chi connectivity index (χ2v) is 5.06. The fraction of sp³-hybridized carbons (Fsp3) is 0.857. The molecular weight excluding hydrogens is 244 g/mol. The zero-order chi connectivity index (χ0) is 14.1. The number of piperidine rings is 1. The number of amides is 1. The van der Waals surface area contributed by atoms with Gasteiger partial charge in [0, 0.05) is 13.1 Å². The van der Waals surface area contributed by atoms with Crippen molar-refractivity contribution in [3.05, 3.63) is 0 Å². The number of rotatable bonds is 7. The van der Waals surface area contributed by atoms with Gasteiger partial charge in [0.1, 0.15) is 0 Å². The Morgan fingerprint density at radius 2 is 1.95 bits per heavy atom. The number of ether oxygens (including phenoxy) is 1. The number of unbranched alkanes of at least 4 members (excludes halogenated alkanes) is 1. The van der Waals surface area contributed by atoms with Crippen molar-refractivity contribution >= 4 is 11.9 Å². The fourth-order valence-corrected chi connectivity index (χ4v) is 2.09. The highest BCUT2D eigenvalue weighted by Gasteiger charge is 2.22. The summed E-state index contributed by atoms with van der Waals surface area (Å²) in [6.07, 6.45) is 5.25. The number of carbonyl (C=O) groups is 2. The molecule has 0 aromatic heterocycles. The average Bonchev–Trinajstić information content (AvgIpc) is 2.45. The molecule has 5 heteroatoms. The van der Waals surface area contributed by atoms with Gasteiger partial charge in [-0.3, -0.25) is 14.9 Å². The number of carbonyl (C=O) groups excluding carboxylic acids is 2. The minimum atomic E-state index is -0.322. The number of nitrogens with zero attached hydrogens (tertiary/aromatic N) is 1. The molecule has 19 heavy (non-hydrogen) atoms. The molecule has 0 aromatic carbocycles. The van der Waals surface area contributed by atoms with E-state index in [0.717, 1.165) is 38.8 Å². The second-order valence-electron chi connectivity index (χ2n) is 5.06. The van der Waals surface area contributed by atoms with Gasteiger partial charge in [-0.2, -0.15) is 0 Å². The summed E-state index contributed by atoms with van der Waals surface area (Å²) in [6.45, 7) is 6.09. The maximum Gasteiger partial charge on any atom is 0.319 e. The summed E-state index contributed by atoms with van der Waals surface area (Å²) in [4.78, 5) is 25.4. The molecule has 1 atom stereocenters. The van der Waals surface area contributed by atoms with Crippen molar-refractivity contribution in [2.45, 2.75) is 52.0 Å². The van der Waals surface area contributed by atoms with Crippen LogP contribution in [0.25, 0.3) is 0 Å². The van der Waals surface area contributed by atoms with E-state index in [4.69, 9.17) is 4.74 Å². The van der Waals surface area contributed by atoms with Crippen molar-refractivity contribution in [1.82, 2.24) is 10.2 Å². The summed E-state index contributed by atoms with van der Waals surface area (Å²) in [5, 5.41) is 2.94. The van der Waals surface area contributed by atoms with Crippen molar-refractivity contribution in [1.29, 1.82) is 0 Å². The van der Waals surface area contributed by atoms with Crippen molar-refractivity contribution < 1.29 is 14.3 Å². The van der Waals surface area contributed by atoms with Gasteiger partial charge in [0.2, 0.25) is 5.91 Å². The zero-order valence-electron chi connectivity index (χ0n) is 12.1. The Kier molecular flexibility index (Phi) is 7.48. The smallest absolute Gasteiger partial charge is 0.319 e. The van der Waals surface area contributed by atoms with E-state index in [0.29, 0.717) is 6.61 Å². The van der Waals surface area contributed by atoms with Crippen molar-refractivity contribution in [2.24, 2.45) is 0 Å². The van der Waals surface area contributed by atoms with Crippen LogP contribution in [0, 0.1) is 0 Å². The summed E-state index contributed by atoms with van der Waals surface area (Å²) >= 11 is 0. The van der Waals surface area contributed by atoms with Gasteiger partial charge in [-0.05, 0) is 32.6 Å². The molecule has 1 fully saturated rings. The molecule has 1 heterocycles. The number of hydrogen-bond acceptors (Lipinski definition) is 4. The number of likely N-dealkylation sites (tertiary alicyclic amines) is 1. The molecule has 1 N–H and O–H groups in total. The predicted molar refractivity (Wildman–Crippen MR) is 73.8 cm³/mol. The SMILES string of the molecule is CCCCOC(=O)CNC(C)C(=O)N1CCCCC1. The molecule has 1 unspecified atom stereocenters. The Labute approximate surface area is 115 Å². The highest BCUT2D eigenvalue weighted by Crippen LogP contribution is 2.09. The molecule has 110 valence electrons. The lowest BCUT2D eigenvalue weighted by molar-refractivity contribution is -0.143. The van der Waals surface area contributed by atoms with E-state index < -0.39 is 0 Å². The lowest BCUT2D eigenvalue weighted by atomic mass is 10.1. The first-order chi connectivity index (χ1) is 9.15. The zero-order valence-corrected chi connectivity index (χ0v) is 12.1. The third-order valence-electron chi connectivity index (χ3n) is 3.35. The normalized spacial score (nSPS) is 17.1. The van der Waals surface area contributed by atoms with E-state index in [1.54, 1.807) is 6.92 Å². The van der Waals surface area contributed by atoms with E-state index in [-0.39, 0.29) is 24.5 Å². The largest absolute Gasteiger partial charge is 0.465 e. The topological polar surface area (TPSA) is 58.6 Å². The molecule has 1 aliphatic heterocycles. The monoisotopic (exact) mass is 270 g/mol. The summed E-state index contributed by atoms with van der Waals surface area (Å²) in [7, 11) is 0. The second kappa shape index (κ2) is 8.91.